The lowest BCUT2D eigenvalue weighted by Crippen LogP contribution is -2.24. The van der Waals surface area contributed by atoms with Crippen molar-refractivity contribution in [2.45, 2.75) is 33.4 Å². The number of nitrogens with zero attached hydrogens (tertiary/aromatic N) is 3. The molecule has 2 heterocycles. The van der Waals surface area contributed by atoms with Crippen molar-refractivity contribution >= 4 is 27.8 Å². The molecule has 2 aromatic heterocycles. The molecule has 1 aromatic carbocycles. The zero-order valence-corrected chi connectivity index (χ0v) is 13.1. The zero-order valence-electron chi connectivity index (χ0n) is 13.1. The molecule has 3 aromatic rings. The van der Waals surface area contributed by atoms with Crippen molar-refractivity contribution < 1.29 is 4.74 Å². The van der Waals surface area contributed by atoms with E-state index >= 15 is 0 Å². The van der Waals surface area contributed by atoms with E-state index in [0.717, 1.165) is 22.2 Å². The number of nitrogens with one attached hydrogen (secondary N) is 1. The Bertz CT molecular complexity index is 809. The van der Waals surface area contributed by atoms with Crippen LogP contribution < -0.4 is 11.2 Å². The molecule has 0 aliphatic heterocycles. The maximum absolute atomic E-state index is 6.11. The van der Waals surface area contributed by atoms with Gasteiger partial charge in [-0.2, -0.15) is 0 Å². The molecule has 6 nitrogen and oxygen atoms in total. The molecule has 6 heteroatoms. The fourth-order valence-corrected chi connectivity index (χ4v) is 2.54. The molecule has 3 rings (SSSR count). The van der Waals surface area contributed by atoms with Crippen molar-refractivity contribution in [1.82, 2.24) is 14.6 Å². The molecule has 0 fully saturated rings. The molecule has 0 aliphatic carbocycles. The lowest BCUT2D eigenvalue weighted by molar-refractivity contribution is 0.127. The minimum Gasteiger partial charge on any atom is -0.382 e. The molecule has 0 unspecified atom stereocenters. The van der Waals surface area contributed by atoms with Gasteiger partial charge in [0.2, 0.25) is 0 Å². The highest BCUT2D eigenvalue weighted by molar-refractivity contribution is 6.06. The van der Waals surface area contributed by atoms with Gasteiger partial charge in [0, 0.05) is 18.0 Å². The van der Waals surface area contributed by atoms with E-state index in [4.69, 9.17) is 10.5 Å². The number of rotatable bonds is 5. The summed E-state index contributed by atoms with van der Waals surface area (Å²) in [7, 11) is 0. The number of anilines is 1. The van der Waals surface area contributed by atoms with E-state index in [0.29, 0.717) is 24.5 Å². The summed E-state index contributed by atoms with van der Waals surface area (Å²) >= 11 is 0. The van der Waals surface area contributed by atoms with Gasteiger partial charge >= 0.3 is 0 Å². The number of fused-ring (bicyclic) bond motifs is 3. The molecule has 0 atom stereocenters. The first-order valence-electron chi connectivity index (χ1n) is 7.51. The Morgan fingerprint density at radius 2 is 2.05 bits per heavy atom. The molecule has 0 saturated carbocycles. The van der Waals surface area contributed by atoms with Crippen LogP contribution in [-0.4, -0.2) is 27.3 Å². The standard InChI is InChI=1S/C16H21N5O/c1-4-22-9-13-19-14-15(21(13)20-10(2)3)11-7-5-6-8-12(11)18-16(14)17/h5-8,10,20H,4,9H2,1-3H3,(H2,17,18). The number of benzene rings is 1. The predicted octanol–water partition coefficient (Wildman–Crippen LogP) is 2.66. The Hall–Kier alpha value is -2.34. The van der Waals surface area contributed by atoms with Gasteiger partial charge < -0.3 is 15.9 Å². The summed E-state index contributed by atoms with van der Waals surface area (Å²) in [6, 6.07) is 8.20. The van der Waals surface area contributed by atoms with Crippen LogP contribution in [0.3, 0.4) is 0 Å². The molecule has 0 amide bonds. The second-order valence-corrected chi connectivity index (χ2v) is 5.50. The molecular formula is C16H21N5O. The summed E-state index contributed by atoms with van der Waals surface area (Å²) in [4.78, 5) is 9.09. The van der Waals surface area contributed by atoms with Crippen LogP contribution in [0.5, 0.6) is 0 Å². The summed E-state index contributed by atoms with van der Waals surface area (Å²) in [5, 5.41) is 1.02. The molecule has 0 aliphatic rings. The van der Waals surface area contributed by atoms with E-state index in [1.54, 1.807) is 0 Å². The Kier molecular flexibility index (Phi) is 3.85. The Labute approximate surface area is 129 Å². The maximum Gasteiger partial charge on any atom is 0.154 e. The number of imidazole rings is 1. The van der Waals surface area contributed by atoms with Crippen molar-refractivity contribution in [2.75, 3.05) is 17.8 Å². The third-order valence-corrected chi connectivity index (χ3v) is 3.41. The van der Waals surface area contributed by atoms with Gasteiger partial charge in [-0.25, -0.2) is 14.6 Å². The van der Waals surface area contributed by atoms with Crippen LogP contribution in [0.4, 0.5) is 5.82 Å². The second kappa shape index (κ2) is 5.81. The fraction of sp³-hybridized carbons (Fsp3) is 0.375. The van der Waals surface area contributed by atoms with Crippen molar-refractivity contribution in [2.24, 2.45) is 0 Å². The molecule has 3 N–H and O–H groups in total. The third-order valence-electron chi connectivity index (χ3n) is 3.41. The van der Waals surface area contributed by atoms with E-state index in [1.165, 1.54) is 0 Å². The van der Waals surface area contributed by atoms with Gasteiger partial charge in [-0.3, -0.25) is 0 Å². The van der Waals surface area contributed by atoms with E-state index in [9.17, 15) is 0 Å². The Morgan fingerprint density at radius 1 is 1.27 bits per heavy atom. The SMILES string of the molecule is CCOCc1nc2c(N)nc3ccccc3c2n1NC(C)C. The number of aromatic nitrogens is 3. The molecule has 0 bridgehead atoms. The van der Waals surface area contributed by atoms with Crippen molar-refractivity contribution in [3.63, 3.8) is 0 Å². The van der Waals surface area contributed by atoms with Gasteiger partial charge in [-0.05, 0) is 26.8 Å². The van der Waals surface area contributed by atoms with E-state index in [2.05, 4.69) is 29.2 Å². The van der Waals surface area contributed by atoms with E-state index in [-0.39, 0.29) is 6.04 Å². The van der Waals surface area contributed by atoms with Crippen LogP contribution in [0.25, 0.3) is 21.9 Å². The summed E-state index contributed by atoms with van der Waals surface area (Å²) in [5.41, 5.74) is 12.0. The monoisotopic (exact) mass is 299 g/mol. The summed E-state index contributed by atoms with van der Waals surface area (Å²) in [6.45, 7) is 7.21. The topological polar surface area (TPSA) is 78.0 Å². The van der Waals surface area contributed by atoms with Crippen LogP contribution in [0.1, 0.15) is 26.6 Å². The van der Waals surface area contributed by atoms with Gasteiger partial charge in [0.25, 0.3) is 0 Å². The summed E-state index contributed by atoms with van der Waals surface area (Å²) < 4.78 is 7.52. The molecule has 0 spiro atoms. The van der Waals surface area contributed by atoms with Gasteiger partial charge in [0.15, 0.2) is 11.6 Å². The number of para-hydroxylation sites is 1. The number of nitrogen functional groups attached to an aromatic ring is 1. The lowest BCUT2D eigenvalue weighted by atomic mass is 10.2. The smallest absolute Gasteiger partial charge is 0.154 e. The second-order valence-electron chi connectivity index (χ2n) is 5.50. The number of nitrogens with two attached hydrogens (primary N) is 1. The Balaban J connectivity index is 2.32. The van der Waals surface area contributed by atoms with Crippen molar-refractivity contribution in [3.05, 3.63) is 30.1 Å². The minimum absolute atomic E-state index is 0.255. The summed E-state index contributed by atoms with van der Waals surface area (Å²) in [5.74, 6) is 1.24. The first kappa shape index (κ1) is 14.6. The average molecular weight is 299 g/mol. The van der Waals surface area contributed by atoms with E-state index < -0.39 is 0 Å². The van der Waals surface area contributed by atoms with Crippen LogP contribution in [0, 0.1) is 0 Å². The third kappa shape index (κ3) is 2.46. The van der Waals surface area contributed by atoms with Gasteiger partial charge in [-0.1, -0.05) is 18.2 Å². The fourth-order valence-electron chi connectivity index (χ4n) is 2.54. The highest BCUT2D eigenvalue weighted by Gasteiger charge is 2.17. The molecule has 22 heavy (non-hydrogen) atoms. The highest BCUT2D eigenvalue weighted by Crippen LogP contribution is 2.28. The number of ether oxygens (including phenoxy) is 1. The zero-order chi connectivity index (χ0) is 15.7. The van der Waals surface area contributed by atoms with Crippen molar-refractivity contribution in [3.8, 4) is 0 Å². The maximum atomic E-state index is 6.11. The van der Waals surface area contributed by atoms with Crippen LogP contribution >= 0.6 is 0 Å². The predicted molar refractivity (Wildman–Crippen MR) is 89.3 cm³/mol. The normalized spacial score (nSPS) is 11.6. The van der Waals surface area contributed by atoms with Gasteiger partial charge in [0.05, 0.1) is 5.52 Å². The average Bonchev–Trinajstić information content (AvgIpc) is 2.84. The first-order chi connectivity index (χ1) is 10.6. The lowest BCUT2D eigenvalue weighted by Gasteiger charge is -2.16. The first-order valence-corrected chi connectivity index (χ1v) is 7.51. The molecule has 0 radical (unpaired) electrons. The summed E-state index contributed by atoms with van der Waals surface area (Å²) in [6.07, 6.45) is 0. The van der Waals surface area contributed by atoms with Crippen LogP contribution in [0.15, 0.2) is 24.3 Å². The molecular weight excluding hydrogens is 278 g/mol. The van der Waals surface area contributed by atoms with E-state index in [1.807, 2.05) is 35.9 Å². The number of hydrogen-bond acceptors (Lipinski definition) is 5. The van der Waals surface area contributed by atoms with Crippen molar-refractivity contribution in [1.29, 1.82) is 0 Å². The Morgan fingerprint density at radius 3 is 2.77 bits per heavy atom. The largest absolute Gasteiger partial charge is 0.382 e. The highest BCUT2D eigenvalue weighted by atomic mass is 16.5. The number of hydrogen-bond donors (Lipinski definition) is 2. The van der Waals surface area contributed by atoms with Gasteiger partial charge in [-0.15, -0.1) is 0 Å². The quantitative estimate of drug-likeness (QED) is 0.757. The molecule has 0 saturated heterocycles. The van der Waals surface area contributed by atoms with Crippen LogP contribution in [0.2, 0.25) is 0 Å². The number of pyridine rings is 1. The van der Waals surface area contributed by atoms with Crippen LogP contribution in [-0.2, 0) is 11.3 Å². The minimum atomic E-state index is 0.255. The molecule has 116 valence electrons. The van der Waals surface area contributed by atoms with Gasteiger partial charge in [0.1, 0.15) is 17.6 Å².